The quantitative estimate of drug-likeness (QED) is 0.211. The lowest BCUT2D eigenvalue weighted by Crippen LogP contribution is -2.14. The number of nitrogens with zero attached hydrogens (tertiary/aromatic N) is 3. The summed E-state index contributed by atoms with van der Waals surface area (Å²) >= 11 is 0. The van der Waals surface area contributed by atoms with Gasteiger partial charge in [-0.25, -0.2) is 18.4 Å². The van der Waals surface area contributed by atoms with Gasteiger partial charge in [-0.1, -0.05) is 74.2 Å². The van der Waals surface area contributed by atoms with Gasteiger partial charge in [-0.3, -0.25) is 4.72 Å². The molecule has 0 aliphatic rings. The summed E-state index contributed by atoms with van der Waals surface area (Å²) in [4.78, 5) is 9.61. The van der Waals surface area contributed by atoms with E-state index in [9.17, 15) is 8.42 Å². The third-order valence-electron chi connectivity index (χ3n) is 5.73. The predicted molar refractivity (Wildman–Crippen MR) is 140 cm³/mol. The second kappa shape index (κ2) is 10.7. The van der Waals surface area contributed by atoms with Gasteiger partial charge in [0.05, 0.1) is 21.6 Å². The van der Waals surface area contributed by atoms with Crippen LogP contribution in [0.15, 0.2) is 82.7 Å². The largest absolute Gasteiger partial charge is 0.308 e. The van der Waals surface area contributed by atoms with Crippen LogP contribution in [0.1, 0.15) is 43.7 Å². The van der Waals surface area contributed by atoms with Gasteiger partial charge in [0.1, 0.15) is 0 Å². The Kier molecular flexibility index (Phi) is 7.43. The molecule has 0 radical (unpaired) electrons. The summed E-state index contributed by atoms with van der Waals surface area (Å²) in [6.07, 6.45) is 6.29. The molecule has 34 heavy (non-hydrogen) atoms. The molecule has 0 amide bonds. The Labute approximate surface area is 201 Å². The molecule has 0 aliphatic carbocycles. The molecule has 1 aromatic heterocycles. The van der Waals surface area contributed by atoms with Crippen molar-refractivity contribution in [1.29, 1.82) is 0 Å². The van der Waals surface area contributed by atoms with E-state index in [1.165, 1.54) is 12.8 Å². The van der Waals surface area contributed by atoms with E-state index in [0.717, 1.165) is 36.0 Å². The lowest BCUT2D eigenvalue weighted by atomic mass is 10.2. The highest BCUT2D eigenvalue weighted by molar-refractivity contribution is 7.92. The molecule has 4 rings (SSSR count). The van der Waals surface area contributed by atoms with Crippen LogP contribution in [0.4, 0.5) is 11.6 Å². The number of para-hydroxylation sites is 3. The average Bonchev–Trinajstić information content (AvgIpc) is 3.19. The van der Waals surface area contributed by atoms with Gasteiger partial charge >= 0.3 is 0 Å². The summed E-state index contributed by atoms with van der Waals surface area (Å²) < 4.78 is 30.7. The zero-order valence-electron chi connectivity index (χ0n) is 19.6. The SMILES string of the molecule is CCCCCCn1c(/N=C/c2ccccc2NS(=O)(=O)c2ccc(C)cc2)nc2ccccc21. The highest BCUT2D eigenvalue weighted by atomic mass is 32.2. The Balaban J connectivity index is 1.62. The van der Waals surface area contributed by atoms with Crippen LogP contribution in [0.5, 0.6) is 0 Å². The maximum absolute atomic E-state index is 12.9. The molecule has 0 unspecified atom stereocenters. The van der Waals surface area contributed by atoms with Crippen LogP contribution in [0.2, 0.25) is 0 Å². The van der Waals surface area contributed by atoms with E-state index in [2.05, 4.69) is 27.3 Å². The molecule has 6 nitrogen and oxygen atoms in total. The fraction of sp³-hybridized carbons (Fsp3) is 0.259. The van der Waals surface area contributed by atoms with Crippen molar-refractivity contribution >= 4 is 38.9 Å². The first-order chi connectivity index (χ1) is 16.5. The summed E-state index contributed by atoms with van der Waals surface area (Å²) in [5.74, 6) is 0.619. The van der Waals surface area contributed by atoms with Gasteiger partial charge in [-0.2, -0.15) is 0 Å². The average molecular weight is 475 g/mol. The number of hydrogen-bond acceptors (Lipinski definition) is 4. The van der Waals surface area contributed by atoms with Gasteiger partial charge in [-0.15, -0.1) is 0 Å². The lowest BCUT2D eigenvalue weighted by molar-refractivity contribution is 0.593. The first-order valence-corrected chi connectivity index (χ1v) is 13.1. The number of anilines is 1. The number of imidazole rings is 1. The molecule has 0 saturated heterocycles. The van der Waals surface area contributed by atoms with E-state index in [0.29, 0.717) is 17.2 Å². The number of benzene rings is 3. The van der Waals surface area contributed by atoms with Crippen LogP contribution in [0, 0.1) is 6.92 Å². The van der Waals surface area contributed by atoms with E-state index >= 15 is 0 Å². The zero-order valence-corrected chi connectivity index (χ0v) is 20.4. The van der Waals surface area contributed by atoms with Crippen molar-refractivity contribution in [1.82, 2.24) is 9.55 Å². The van der Waals surface area contributed by atoms with Crippen LogP contribution in [-0.4, -0.2) is 24.2 Å². The monoisotopic (exact) mass is 474 g/mol. The molecule has 1 heterocycles. The van der Waals surface area contributed by atoms with Crippen molar-refractivity contribution in [2.45, 2.75) is 51.0 Å². The fourth-order valence-corrected chi connectivity index (χ4v) is 4.92. The first-order valence-electron chi connectivity index (χ1n) is 11.7. The second-order valence-corrected chi connectivity index (χ2v) is 10.1. The molecule has 7 heteroatoms. The van der Waals surface area contributed by atoms with Gasteiger partial charge in [0.25, 0.3) is 10.0 Å². The minimum absolute atomic E-state index is 0.221. The molecule has 0 saturated carbocycles. The van der Waals surface area contributed by atoms with E-state index in [1.54, 1.807) is 42.6 Å². The van der Waals surface area contributed by atoms with E-state index in [1.807, 2.05) is 37.3 Å². The maximum Gasteiger partial charge on any atom is 0.261 e. The molecule has 3 aromatic carbocycles. The van der Waals surface area contributed by atoms with Crippen LogP contribution in [0.3, 0.4) is 0 Å². The number of sulfonamides is 1. The van der Waals surface area contributed by atoms with Gasteiger partial charge in [0.15, 0.2) is 0 Å². The standard InChI is InChI=1S/C27H30N4O2S/c1-3-4-5-10-19-31-26-14-9-8-13-25(26)29-27(31)28-20-22-11-6-7-12-24(22)30-34(32,33)23-17-15-21(2)16-18-23/h6-9,11-18,20,30H,3-5,10,19H2,1-2H3/b28-20+. The number of aryl methyl sites for hydroxylation is 2. The van der Waals surface area contributed by atoms with Crippen LogP contribution >= 0.6 is 0 Å². The Hall–Kier alpha value is -3.45. The van der Waals surface area contributed by atoms with Crippen molar-refractivity contribution in [3.05, 3.63) is 83.9 Å². The maximum atomic E-state index is 12.9. The van der Waals surface area contributed by atoms with Crippen LogP contribution < -0.4 is 4.72 Å². The Bertz CT molecular complexity index is 1390. The van der Waals surface area contributed by atoms with E-state index < -0.39 is 10.0 Å². The number of aromatic nitrogens is 2. The number of rotatable bonds is 10. The number of fused-ring (bicyclic) bond motifs is 1. The van der Waals surface area contributed by atoms with Crippen molar-refractivity contribution in [2.75, 3.05) is 4.72 Å². The number of hydrogen-bond donors (Lipinski definition) is 1. The summed E-state index contributed by atoms with van der Waals surface area (Å²) in [6, 6.07) is 22.0. The molecule has 0 atom stereocenters. The minimum Gasteiger partial charge on any atom is -0.308 e. The summed E-state index contributed by atoms with van der Waals surface area (Å²) in [5, 5.41) is 0. The molecule has 0 aliphatic heterocycles. The molecule has 176 valence electrons. The summed E-state index contributed by atoms with van der Waals surface area (Å²) in [6.45, 7) is 4.97. The number of unbranched alkanes of at least 4 members (excludes halogenated alkanes) is 3. The molecular formula is C27H30N4O2S. The Morgan fingerprint density at radius 3 is 2.47 bits per heavy atom. The molecule has 0 spiro atoms. The lowest BCUT2D eigenvalue weighted by Gasteiger charge is -2.11. The number of aliphatic imine (C=N–C) groups is 1. The Morgan fingerprint density at radius 2 is 1.68 bits per heavy atom. The van der Waals surface area contributed by atoms with Gasteiger partial charge in [0, 0.05) is 18.3 Å². The smallest absolute Gasteiger partial charge is 0.261 e. The van der Waals surface area contributed by atoms with Gasteiger partial charge < -0.3 is 4.57 Å². The number of nitrogens with one attached hydrogen (secondary N) is 1. The fourth-order valence-electron chi connectivity index (χ4n) is 3.83. The summed E-state index contributed by atoms with van der Waals surface area (Å²) in [5.41, 5.74) is 4.10. The minimum atomic E-state index is -3.71. The summed E-state index contributed by atoms with van der Waals surface area (Å²) in [7, 11) is -3.71. The molecular weight excluding hydrogens is 444 g/mol. The van der Waals surface area contributed by atoms with Gasteiger partial charge in [0.2, 0.25) is 5.95 Å². The first kappa shape index (κ1) is 23.7. The van der Waals surface area contributed by atoms with Crippen molar-refractivity contribution in [3.8, 4) is 0 Å². The third kappa shape index (κ3) is 5.54. The van der Waals surface area contributed by atoms with Crippen molar-refractivity contribution in [3.63, 3.8) is 0 Å². The molecule has 1 N–H and O–H groups in total. The van der Waals surface area contributed by atoms with Crippen molar-refractivity contribution < 1.29 is 8.42 Å². The second-order valence-electron chi connectivity index (χ2n) is 8.38. The topological polar surface area (TPSA) is 76.3 Å². The predicted octanol–water partition coefficient (Wildman–Crippen LogP) is 6.48. The van der Waals surface area contributed by atoms with Crippen molar-refractivity contribution in [2.24, 2.45) is 4.99 Å². The molecule has 4 aromatic rings. The van der Waals surface area contributed by atoms with Crippen LogP contribution in [0.25, 0.3) is 11.0 Å². The van der Waals surface area contributed by atoms with Gasteiger partial charge in [-0.05, 0) is 43.7 Å². The Morgan fingerprint density at radius 1 is 0.941 bits per heavy atom. The van der Waals surface area contributed by atoms with Crippen LogP contribution in [-0.2, 0) is 16.6 Å². The van der Waals surface area contributed by atoms with E-state index in [4.69, 9.17) is 4.98 Å². The molecule has 0 fully saturated rings. The highest BCUT2D eigenvalue weighted by Gasteiger charge is 2.15. The zero-order chi connectivity index (χ0) is 24.0. The highest BCUT2D eigenvalue weighted by Crippen LogP contribution is 2.24. The van der Waals surface area contributed by atoms with E-state index in [-0.39, 0.29) is 4.90 Å². The molecule has 0 bridgehead atoms. The normalized spacial score (nSPS) is 11.9. The third-order valence-corrected chi connectivity index (χ3v) is 7.11.